The SMILES string of the molecule is COC(C(=O)Cc1cccs1)c1ccccc1. The highest BCUT2D eigenvalue weighted by Crippen LogP contribution is 2.20. The number of rotatable bonds is 5. The Morgan fingerprint density at radius 1 is 1.24 bits per heavy atom. The molecule has 0 saturated carbocycles. The number of ether oxygens (including phenoxy) is 1. The van der Waals surface area contributed by atoms with E-state index in [0.717, 1.165) is 10.4 Å². The van der Waals surface area contributed by atoms with Gasteiger partial charge in [0.25, 0.3) is 0 Å². The third-order valence-corrected chi connectivity index (χ3v) is 3.44. The van der Waals surface area contributed by atoms with E-state index in [-0.39, 0.29) is 5.78 Å². The molecule has 1 heterocycles. The summed E-state index contributed by atoms with van der Waals surface area (Å²) in [5, 5.41) is 1.98. The zero-order valence-corrected chi connectivity index (χ0v) is 10.4. The zero-order valence-electron chi connectivity index (χ0n) is 9.63. The van der Waals surface area contributed by atoms with Crippen LogP contribution in [0, 0.1) is 0 Å². The van der Waals surface area contributed by atoms with Gasteiger partial charge < -0.3 is 4.74 Å². The molecule has 0 aliphatic carbocycles. The van der Waals surface area contributed by atoms with Crippen molar-refractivity contribution in [3.63, 3.8) is 0 Å². The van der Waals surface area contributed by atoms with Crippen LogP contribution in [0.3, 0.4) is 0 Å². The van der Waals surface area contributed by atoms with Gasteiger partial charge in [0.2, 0.25) is 0 Å². The largest absolute Gasteiger partial charge is 0.369 e. The fraction of sp³-hybridized carbons (Fsp3) is 0.214. The molecule has 1 aromatic heterocycles. The van der Waals surface area contributed by atoms with Crippen molar-refractivity contribution in [2.24, 2.45) is 0 Å². The zero-order chi connectivity index (χ0) is 12.1. The van der Waals surface area contributed by atoms with Crippen LogP contribution in [0.5, 0.6) is 0 Å². The highest BCUT2D eigenvalue weighted by molar-refractivity contribution is 7.10. The van der Waals surface area contributed by atoms with Crippen molar-refractivity contribution in [1.29, 1.82) is 0 Å². The summed E-state index contributed by atoms with van der Waals surface area (Å²) in [4.78, 5) is 13.2. The van der Waals surface area contributed by atoms with Crippen LogP contribution in [0.2, 0.25) is 0 Å². The number of hydrogen-bond acceptors (Lipinski definition) is 3. The third-order valence-electron chi connectivity index (χ3n) is 2.56. The van der Waals surface area contributed by atoms with Gasteiger partial charge in [0.05, 0.1) is 0 Å². The number of ketones is 1. The first-order chi connectivity index (χ1) is 8.31. The second kappa shape index (κ2) is 5.75. The van der Waals surface area contributed by atoms with E-state index in [1.165, 1.54) is 0 Å². The van der Waals surface area contributed by atoms with Gasteiger partial charge in [-0.15, -0.1) is 11.3 Å². The van der Waals surface area contributed by atoms with Gasteiger partial charge in [-0.1, -0.05) is 36.4 Å². The number of carbonyl (C=O) groups is 1. The number of benzene rings is 1. The molecular weight excluding hydrogens is 232 g/mol. The summed E-state index contributed by atoms with van der Waals surface area (Å²) < 4.78 is 5.30. The van der Waals surface area contributed by atoms with Gasteiger partial charge >= 0.3 is 0 Å². The van der Waals surface area contributed by atoms with Crippen molar-refractivity contribution in [2.75, 3.05) is 7.11 Å². The Hall–Kier alpha value is -1.45. The molecule has 3 heteroatoms. The molecule has 0 radical (unpaired) electrons. The van der Waals surface area contributed by atoms with Crippen LogP contribution in [-0.4, -0.2) is 12.9 Å². The predicted octanol–water partition coefficient (Wildman–Crippen LogP) is 3.25. The summed E-state index contributed by atoms with van der Waals surface area (Å²) in [7, 11) is 1.57. The molecule has 1 aromatic carbocycles. The molecule has 0 bridgehead atoms. The minimum absolute atomic E-state index is 0.0983. The number of carbonyl (C=O) groups excluding carboxylic acids is 1. The molecule has 0 saturated heterocycles. The number of methoxy groups -OCH3 is 1. The smallest absolute Gasteiger partial charge is 0.171 e. The molecule has 17 heavy (non-hydrogen) atoms. The lowest BCUT2D eigenvalue weighted by Crippen LogP contribution is -2.16. The van der Waals surface area contributed by atoms with Crippen molar-refractivity contribution in [1.82, 2.24) is 0 Å². The Labute approximate surface area is 105 Å². The van der Waals surface area contributed by atoms with Crippen LogP contribution >= 0.6 is 11.3 Å². The van der Waals surface area contributed by atoms with Gasteiger partial charge in [-0.25, -0.2) is 0 Å². The van der Waals surface area contributed by atoms with Gasteiger partial charge in [0.15, 0.2) is 5.78 Å². The van der Waals surface area contributed by atoms with Crippen molar-refractivity contribution < 1.29 is 9.53 Å². The Balaban J connectivity index is 2.11. The van der Waals surface area contributed by atoms with E-state index in [4.69, 9.17) is 4.74 Å². The molecule has 0 spiro atoms. The standard InChI is InChI=1S/C14H14O2S/c1-16-14(11-6-3-2-4-7-11)13(15)10-12-8-5-9-17-12/h2-9,14H,10H2,1H3. The maximum Gasteiger partial charge on any atom is 0.171 e. The van der Waals surface area contributed by atoms with Crippen molar-refractivity contribution in [3.8, 4) is 0 Å². The van der Waals surface area contributed by atoms with Gasteiger partial charge in [0.1, 0.15) is 6.10 Å². The van der Waals surface area contributed by atoms with Crippen molar-refractivity contribution in [3.05, 3.63) is 58.3 Å². The van der Waals surface area contributed by atoms with Crippen LogP contribution in [-0.2, 0) is 16.0 Å². The van der Waals surface area contributed by atoms with Crippen molar-refractivity contribution in [2.45, 2.75) is 12.5 Å². The Bertz CT molecular complexity index is 462. The van der Waals surface area contributed by atoms with E-state index < -0.39 is 6.10 Å². The van der Waals surface area contributed by atoms with Crippen LogP contribution < -0.4 is 0 Å². The third kappa shape index (κ3) is 3.02. The molecular formula is C14H14O2S. The minimum Gasteiger partial charge on any atom is -0.369 e. The topological polar surface area (TPSA) is 26.3 Å². The van der Waals surface area contributed by atoms with Gasteiger partial charge in [-0.2, -0.15) is 0 Å². The van der Waals surface area contributed by atoms with Crippen molar-refractivity contribution >= 4 is 17.1 Å². The average Bonchev–Trinajstić information content (AvgIpc) is 2.84. The maximum absolute atomic E-state index is 12.1. The molecule has 0 amide bonds. The molecule has 2 rings (SSSR count). The summed E-state index contributed by atoms with van der Waals surface area (Å²) in [5.74, 6) is 0.0983. The first kappa shape index (κ1) is 12.0. The summed E-state index contributed by atoms with van der Waals surface area (Å²) >= 11 is 1.60. The second-order valence-corrected chi connectivity index (χ2v) is 4.78. The monoisotopic (exact) mass is 246 g/mol. The highest BCUT2D eigenvalue weighted by atomic mass is 32.1. The maximum atomic E-state index is 12.1. The molecule has 0 aliphatic rings. The lowest BCUT2D eigenvalue weighted by Gasteiger charge is -2.13. The Morgan fingerprint density at radius 2 is 2.00 bits per heavy atom. The molecule has 1 unspecified atom stereocenters. The van der Waals surface area contributed by atoms with Crippen LogP contribution in [0.1, 0.15) is 16.5 Å². The molecule has 0 N–H and O–H groups in total. The fourth-order valence-corrected chi connectivity index (χ4v) is 2.47. The molecule has 2 aromatic rings. The van der Waals surface area contributed by atoms with Crippen LogP contribution in [0.15, 0.2) is 47.8 Å². The van der Waals surface area contributed by atoms with E-state index in [9.17, 15) is 4.79 Å². The predicted molar refractivity (Wildman–Crippen MR) is 69.2 cm³/mol. The molecule has 1 atom stereocenters. The molecule has 88 valence electrons. The number of hydrogen-bond donors (Lipinski definition) is 0. The Morgan fingerprint density at radius 3 is 2.59 bits per heavy atom. The highest BCUT2D eigenvalue weighted by Gasteiger charge is 2.19. The fourth-order valence-electron chi connectivity index (χ4n) is 1.76. The van der Waals surface area contributed by atoms with E-state index in [2.05, 4.69) is 0 Å². The summed E-state index contributed by atoms with van der Waals surface area (Å²) in [6, 6.07) is 13.5. The number of thiophene rings is 1. The van der Waals surface area contributed by atoms with Gasteiger partial charge in [0, 0.05) is 18.4 Å². The normalized spacial score (nSPS) is 12.3. The first-order valence-corrected chi connectivity index (χ1v) is 6.32. The lowest BCUT2D eigenvalue weighted by atomic mass is 10.0. The van der Waals surface area contributed by atoms with Gasteiger partial charge in [-0.05, 0) is 17.0 Å². The van der Waals surface area contributed by atoms with E-state index in [1.807, 2.05) is 47.8 Å². The Kier molecular flexibility index (Phi) is 4.07. The van der Waals surface area contributed by atoms with Crippen LogP contribution in [0.4, 0.5) is 0 Å². The van der Waals surface area contributed by atoms with Gasteiger partial charge in [-0.3, -0.25) is 4.79 Å². The van der Waals surface area contributed by atoms with E-state index >= 15 is 0 Å². The summed E-state index contributed by atoms with van der Waals surface area (Å²) in [6.07, 6.45) is -0.0243. The summed E-state index contributed by atoms with van der Waals surface area (Å²) in [5.41, 5.74) is 0.913. The summed E-state index contributed by atoms with van der Waals surface area (Å²) in [6.45, 7) is 0. The number of Topliss-reactive ketones (excluding diaryl/α,β-unsaturated/α-hetero) is 1. The van der Waals surface area contributed by atoms with Crippen LogP contribution in [0.25, 0.3) is 0 Å². The average molecular weight is 246 g/mol. The quantitative estimate of drug-likeness (QED) is 0.809. The molecule has 0 aliphatic heterocycles. The van der Waals surface area contributed by atoms with E-state index in [0.29, 0.717) is 6.42 Å². The minimum atomic E-state index is -0.460. The molecule has 2 nitrogen and oxygen atoms in total. The first-order valence-electron chi connectivity index (χ1n) is 5.44. The lowest BCUT2D eigenvalue weighted by molar-refractivity contribution is -0.128. The van der Waals surface area contributed by atoms with E-state index in [1.54, 1.807) is 18.4 Å². The second-order valence-electron chi connectivity index (χ2n) is 3.75. The molecule has 0 fully saturated rings.